The van der Waals surface area contributed by atoms with Crippen LogP contribution in [0, 0.1) is 0 Å². The fraction of sp³-hybridized carbons (Fsp3) is 0.588. The molecule has 2 aliphatic heterocycles. The Kier molecular flexibility index (Phi) is 4.62. The van der Waals surface area contributed by atoms with Crippen LogP contribution in [0.2, 0.25) is 5.15 Å². The maximum atomic E-state index is 6.11. The number of halogens is 1. The van der Waals surface area contributed by atoms with Gasteiger partial charge in [0.1, 0.15) is 11.0 Å². The van der Waals surface area contributed by atoms with Crippen molar-refractivity contribution in [2.45, 2.75) is 25.9 Å². The predicted molar refractivity (Wildman–Crippen MR) is 97.6 cm³/mol. The maximum Gasteiger partial charge on any atom is 0.229 e. The van der Waals surface area contributed by atoms with Crippen molar-refractivity contribution in [1.29, 1.82) is 0 Å². The largest absolute Gasteiger partial charge is 0.377 e. The van der Waals surface area contributed by atoms with E-state index in [0.717, 1.165) is 24.3 Å². The zero-order valence-corrected chi connectivity index (χ0v) is 15.2. The highest BCUT2D eigenvalue weighted by Gasteiger charge is 2.27. The molecule has 2 atom stereocenters. The summed E-state index contributed by atoms with van der Waals surface area (Å²) < 4.78 is 11.1. The molecular formula is C17H22ClN5O2. The van der Waals surface area contributed by atoms with Crippen LogP contribution in [0.5, 0.6) is 0 Å². The molecule has 4 rings (SSSR count). The van der Waals surface area contributed by atoms with Crippen molar-refractivity contribution < 1.29 is 9.47 Å². The molecule has 8 heteroatoms. The molecule has 0 amide bonds. The minimum atomic E-state index is 0.223. The van der Waals surface area contributed by atoms with Gasteiger partial charge < -0.3 is 19.3 Å². The molecule has 4 heterocycles. The van der Waals surface area contributed by atoms with E-state index in [0.29, 0.717) is 43.2 Å². The SMILES string of the molecule is C[C@@H]1COCCN1c1nc(N2CCOC[C@H]2C)c2ccc(Cl)nc2n1. The van der Waals surface area contributed by atoms with Crippen LogP contribution >= 0.6 is 11.6 Å². The Morgan fingerprint density at radius 2 is 1.64 bits per heavy atom. The minimum Gasteiger partial charge on any atom is -0.377 e. The minimum absolute atomic E-state index is 0.223. The molecule has 0 unspecified atom stereocenters. The summed E-state index contributed by atoms with van der Waals surface area (Å²) in [5.41, 5.74) is 0.630. The zero-order chi connectivity index (χ0) is 17.4. The van der Waals surface area contributed by atoms with Gasteiger partial charge in [-0.25, -0.2) is 4.98 Å². The van der Waals surface area contributed by atoms with E-state index in [1.807, 2.05) is 6.07 Å². The van der Waals surface area contributed by atoms with E-state index in [1.54, 1.807) is 6.07 Å². The third kappa shape index (κ3) is 3.23. The summed E-state index contributed by atoms with van der Waals surface area (Å²) in [6.07, 6.45) is 0. The van der Waals surface area contributed by atoms with Gasteiger partial charge in [-0.05, 0) is 26.0 Å². The summed E-state index contributed by atoms with van der Waals surface area (Å²) in [6, 6.07) is 4.21. The quantitative estimate of drug-likeness (QED) is 0.757. The predicted octanol–water partition coefficient (Wildman–Crippen LogP) is 2.13. The number of morpholine rings is 2. The molecular weight excluding hydrogens is 342 g/mol. The van der Waals surface area contributed by atoms with Gasteiger partial charge in [-0.3, -0.25) is 0 Å². The maximum absolute atomic E-state index is 6.11. The third-order valence-electron chi connectivity index (χ3n) is 4.76. The van der Waals surface area contributed by atoms with Gasteiger partial charge in [0.25, 0.3) is 0 Å². The molecule has 134 valence electrons. The molecule has 2 aromatic heterocycles. The van der Waals surface area contributed by atoms with Gasteiger partial charge in [0, 0.05) is 13.1 Å². The second-order valence-electron chi connectivity index (χ2n) is 6.59. The van der Waals surface area contributed by atoms with E-state index in [1.165, 1.54) is 0 Å². The Hall–Kier alpha value is -1.70. The molecule has 2 fully saturated rings. The van der Waals surface area contributed by atoms with Gasteiger partial charge in [0.15, 0.2) is 5.65 Å². The van der Waals surface area contributed by atoms with Crippen LogP contribution in [0.3, 0.4) is 0 Å². The lowest BCUT2D eigenvalue weighted by Crippen LogP contribution is -2.46. The highest BCUT2D eigenvalue weighted by molar-refractivity contribution is 6.29. The zero-order valence-electron chi connectivity index (χ0n) is 14.5. The normalized spacial score (nSPS) is 24.8. The van der Waals surface area contributed by atoms with E-state index in [2.05, 4.69) is 28.6 Å². The number of fused-ring (bicyclic) bond motifs is 1. The van der Waals surface area contributed by atoms with Crippen molar-refractivity contribution in [3.8, 4) is 0 Å². The third-order valence-corrected chi connectivity index (χ3v) is 4.97. The van der Waals surface area contributed by atoms with Gasteiger partial charge in [-0.15, -0.1) is 0 Å². The topological polar surface area (TPSA) is 63.6 Å². The van der Waals surface area contributed by atoms with Crippen LogP contribution in [0.1, 0.15) is 13.8 Å². The van der Waals surface area contributed by atoms with Gasteiger partial charge >= 0.3 is 0 Å². The van der Waals surface area contributed by atoms with Crippen molar-refractivity contribution in [3.63, 3.8) is 0 Å². The fourth-order valence-electron chi connectivity index (χ4n) is 3.37. The standard InChI is InChI=1S/C17H22ClN5O2/c1-11-9-24-7-5-22(11)16-13-3-4-14(18)19-15(13)20-17(21-16)23-6-8-25-10-12(23)2/h3-4,11-12H,5-10H2,1-2H3/t11-,12-/m1/s1. The summed E-state index contributed by atoms with van der Waals surface area (Å²) >= 11 is 6.11. The van der Waals surface area contributed by atoms with Crippen LogP contribution in [-0.2, 0) is 9.47 Å². The van der Waals surface area contributed by atoms with Gasteiger partial charge in [0.2, 0.25) is 5.95 Å². The van der Waals surface area contributed by atoms with Crippen molar-refractivity contribution in [1.82, 2.24) is 15.0 Å². The van der Waals surface area contributed by atoms with Crippen LogP contribution in [0.15, 0.2) is 12.1 Å². The second-order valence-corrected chi connectivity index (χ2v) is 6.97. The monoisotopic (exact) mass is 363 g/mol. The summed E-state index contributed by atoms with van der Waals surface area (Å²) in [5, 5.41) is 1.36. The molecule has 25 heavy (non-hydrogen) atoms. The molecule has 0 bridgehead atoms. The highest BCUT2D eigenvalue weighted by atomic mass is 35.5. The summed E-state index contributed by atoms with van der Waals surface area (Å²) in [4.78, 5) is 18.5. The van der Waals surface area contributed by atoms with Crippen LogP contribution < -0.4 is 9.80 Å². The van der Waals surface area contributed by atoms with Crippen molar-refractivity contribution >= 4 is 34.4 Å². The number of rotatable bonds is 2. The first kappa shape index (κ1) is 16.8. The Labute approximate surface area is 151 Å². The molecule has 0 saturated carbocycles. The smallest absolute Gasteiger partial charge is 0.229 e. The number of aromatic nitrogens is 3. The number of pyridine rings is 1. The molecule has 0 spiro atoms. The number of hydrogen-bond donors (Lipinski definition) is 0. The number of ether oxygens (including phenoxy) is 2. The average Bonchev–Trinajstić information content (AvgIpc) is 2.61. The molecule has 2 saturated heterocycles. The Balaban J connectivity index is 1.84. The van der Waals surface area contributed by atoms with E-state index < -0.39 is 0 Å². The number of nitrogens with zero attached hydrogens (tertiary/aromatic N) is 5. The average molecular weight is 364 g/mol. The van der Waals surface area contributed by atoms with Crippen LogP contribution in [0.4, 0.5) is 11.8 Å². The molecule has 7 nitrogen and oxygen atoms in total. The van der Waals surface area contributed by atoms with E-state index in [9.17, 15) is 0 Å². The van der Waals surface area contributed by atoms with Crippen molar-refractivity contribution in [2.24, 2.45) is 0 Å². The van der Waals surface area contributed by atoms with E-state index in [4.69, 9.17) is 31.0 Å². The summed E-state index contributed by atoms with van der Waals surface area (Å²) in [5.74, 6) is 1.59. The lowest BCUT2D eigenvalue weighted by atomic mass is 10.2. The second kappa shape index (κ2) is 6.90. The Morgan fingerprint density at radius 3 is 2.32 bits per heavy atom. The lowest BCUT2D eigenvalue weighted by molar-refractivity contribution is 0.0973. The summed E-state index contributed by atoms with van der Waals surface area (Å²) in [7, 11) is 0. The fourth-order valence-corrected chi connectivity index (χ4v) is 3.52. The lowest BCUT2D eigenvalue weighted by Gasteiger charge is -2.37. The van der Waals surface area contributed by atoms with E-state index in [-0.39, 0.29) is 12.1 Å². The van der Waals surface area contributed by atoms with Crippen LogP contribution in [0.25, 0.3) is 11.0 Å². The first-order valence-corrected chi connectivity index (χ1v) is 9.04. The van der Waals surface area contributed by atoms with Gasteiger partial charge in [-0.1, -0.05) is 11.6 Å². The van der Waals surface area contributed by atoms with Crippen molar-refractivity contribution in [2.75, 3.05) is 49.3 Å². The Bertz CT molecular complexity index is 774. The first-order chi connectivity index (χ1) is 12.1. The van der Waals surface area contributed by atoms with E-state index >= 15 is 0 Å². The van der Waals surface area contributed by atoms with Crippen LogP contribution in [-0.4, -0.2) is 66.6 Å². The molecule has 0 aromatic carbocycles. The molecule has 2 aliphatic rings. The molecule has 2 aromatic rings. The molecule has 0 aliphatic carbocycles. The van der Waals surface area contributed by atoms with Gasteiger partial charge in [-0.2, -0.15) is 9.97 Å². The Morgan fingerprint density at radius 1 is 0.960 bits per heavy atom. The molecule has 0 radical (unpaired) electrons. The number of hydrogen-bond acceptors (Lipinski definition) is 7. The van der Waals surface area contributed by atoms with Crippen molar-refractivity contribution in [3.05, 3.63) is 17.3 Å². The molecule has 0 N–H and O–H groups in total. The van der Waals surface area contributed by atoms with Gasteiger partial charge in [0.05, 0.1) is 43.9 Å². The number of anilines is 2. The highest BCUT2D eigenvalue weighted by Crippen LogP contribution is 2.30. The summed E-state index contributed by atoms with van der Waals surface area (Å²) in [6.45, 7) is 8.57. The first-order valence-electron chi connectivity index (χ1n) is 8.66.